The summed E-state index contributed by atoms with van der Waals surface area (Å²) >= 11 is 0. The Balaban J connectivity index is 2.01. The Morgan fingerprint density at radius 1 is 1.64 bits per heavy atom. The van der Waals surface area contributed by atoms with Gasteiger partial charge in [-0.15, -0.1) is 0 Å². The molecule has 0 bridgehead atoms. The van der Waals surface area contributed by atoms with Crippen LogP contribution in [0.25, 0.3) is 0 Å². The maximum Gasteiger partial charge on any atom is 0.0537 e. The molecule has 0 aromatic carbocycles. The number of rotatable bonds is 2. The average Bonchev–Trinajstić information content (AvgIpc) is 2.67. The number of aryl methyl sites for hydroxylation is 1. The molecule has 4 nitrogen and oxygen atoms in total. The second-order valence-electron chi connectivity index (χ2n) is 4.16. The van der Waals surface area contributed by atoms with E-state index in [1.54, 1.807) is 0 Å². The molecule has 0 aliphatic carbocycles. The van der Waals surface area contributed by atoms with E-state index < -0.39 is 0 Å². The van der Waals surface area contributed by atoms with E-state index in [0.717, 1.165) is 26.1 Å². The second-order valence-corrected chi connectivity index (χ2v) is 4.16. The highest BCUT2D eigenvalue weighted by Crippen LogP contribution is 2.14. The van der Waals surface area contributed by atoms with Crippen LogP contribution < -0.4 is 5.73 Å². The molecule has 14 heavy (non-hydrogen) atoms. The smallest absolute Gasteiger partial charge is 0.0537 e. The number of hydrogen-bond donors (Lipinski definition) is 1. The minimum Gasteiger partial charge on any atom is -0.326 e. The molecule has 1 atom stereocenters. The third kappa shape index (κ3) is 1.81. The van der Waals surface area contributed by atoms with Crippen molar-refractivity contribution in [1.82, 2.24) is 14.7 Å². The van der Waals surface area contributed by atoms with Crippen molar-refractivity contribution in [3.05, 3.63) is 17.5 Å². The Morgan fingerprint density at radius 2 is 2.43 bits per heavy atom. The predicted octanol–water partition coefficient (Wildman–Crippen LogP) is 0.262. The van der Waals surface area contributed by atoms with Crippen molar-refractivity contribution in [3.8, 4) is 0 Å². The van der Waals surface area contributed by atoms with Crippen molar-refractivity contribution in [2.24, 2.45) is 12.8 Å². The first-order valence-electron chi connectivity index (χ1n) is 5.12. The van der Waals surface area contributed by atoms with Gasteiger partial charge in [0.05, 0.1) is 6.20 Å². The van der Waals surface area contributed by atoms with E-state index in [0.29, 0.717) is 6.04 Å². The van der Waals surface area contributed by atoms with Gasteiger partial charge in [0.2, 0.25) is 0 Å². The lowest BCUT2D eigenvalue weighted by atomic mass is 10.2. The molecule has 1 aliphatic heterocycles. The Kier molecular flexibility index (Phi) is 2.56. The summed E-state index contributed by atoms with van der Waals surface area (Å²) in [5.74, 6) is 0. The lowest BCUT2D eigenvalue weighted by Gasteiger charge is -2.14. The molecule has 78 valence electrons. The minimum absolute atomic E-state index is 0.368. The Labute approximate surface area is 84.7 Å². The summed E-state index contributed by atoms with van der Waals surface area (Å²) < 4.78 is 1.92. The SMILES string of the molecule is Cc1c(CN2CCC(N)C2)cnn1C. The summed E-state index contributed by atoms with van der Waals surface area (Å²) in [4.78, 5) is 2.40. The van der Waals surface area contributed by atoms with Crippen LogP contribution in [0, 0.1) is 6.92 Å². The maximum atomic E-state index is 5.86. The van der Waals surface area contributed by atoms with Gasteiger partial charge in [0.15, 0.2) is 0 Å². The molecule has 2 rings (SSSR count). The molecule has 4 heteroatoms. The lowest BCUT2D eigenvalue weighted by molar-refractivity contribution is 0.326. The van der Waals surface area contributed by atoms with Gasteiger partial charge >= 0.3 is 0 Å². The number of likely N-dealkylation sites (tertiary alicyclic amines) is 1. The zero-order valence-electron chi connectivity index (χ0n) is 8.90. The highest BCUT2D eigenvalue weighted by Gasteiger charge is 2.19. The highest BCUT2D eigenvalue weighted by molar-refractivity contribution is 5.15. The summed E-state index contributed by atoms with van der Waals surface area (Å²) in [6.07, 6.45) is 3.08. The second kappa shape index (κ2) is 3.71. The van der Waals surface area contributed by atoms with Gasteiger partial charge in [-0.2, -0.15) is 5.10 Å². The van der Waals surface area contributed by atoms with Crippen LogP contribution >= 0.6 is 0 Å². The van der Waals surface area contributed by atoms with E-state index in [1.807, 2.05) is 17.9 Å². The highest BCUT2D eigenvalue weighted by atomic mass is 15.3. The van der Waals surface area contributed by atoms with Gasteiger partial charge in [-0.3, -0.25) is 9.58 Å². The van der Waals surface area contributed by atoms with Gasteiger partial charge in [-0.1, -0.05) is 0 Å². The molecule has 2 heterocycles. The van der Waals surface area contributed by atoms with E-state index in [9.17, 15) is 0 Å². The largest absolute Gasteiger partial charge is 0.326 e. The van der Waals surface area contributed by atoms with Crippen molar-refractivity contribution in [2.75, 3.05) is 13.1 Å². The van der Waals surface area contributed by atoms with E-state index in [-0.39, 0.29) is 0 Å². The summed E-state index contributed by atoms with van der Waals surface area (Å²) in [6, 6.07) is 0.368. The van der Waals surface area contributed by atoms with E-state index in [2.05, 4.69) is 16.9 Å². The van der Waals surface area contributed by atoms with Crippen LogP contribution in [0.15, 0.2) is 6.20 Å². The maximum absolute atomic E-state index is 5.86. The number of nitrogens with zero attached hydrogens (tertiary/aromatic N) is 3. The third-order valence-corrected chi connectivity index (χ3v) is 3.04. The molecule has 2 N–H and O–H groups in total. The lowest BCUT2D eigenvalue weighted by Crippen LogP contribution is -2.26. The monoisotopic (exact) mass is 194 g/mol. The zero-order chi connectivity index (χ0) is 10.1. The molecule has 0 saturated carbocycles. The molecule has 0 radical (unpaired) electrons. The summed E-state index contributed by atoms with van der Waals surface area (Å²) in [6.45, 7) is 5.25. The van der Waals surface area contributed by atoms with Crippen LogP contribution in [0.5, 0.6) is 0 Å². The minimum atomic E-state index is 0.368. The summed E-state index contributed by atoms with van der Waals surface area (Å²) in [7, 11) is 1.98. The van der Waals surface area contributed by atoms with Crippen LogP contribution in [0.4, 0.5) is 0 Å². The predicted molar refractivity (Wildman–Crippen MR) is 55.8 cm³/mol. The van der Waals surface area contributed by atoms with Crippen molar-refractivity contribution in [2.45, 2.75) is 25.9 Å². The summed E-state index contributed by atoms with van der Waals surface area (Å²) in [5, 5.41) is 4.24. The van der Waals surface area contributed by atoms with Crippen LogP contribution in [0.1, 0.15) is 17.7 Å². The van der Waals surface area contributed by atoms with Crippen molar-refractivity contribution in [1.29, 1.82) is 0 Å². The van der Waals surface area contributed by atoms with Crippen LogP contribution in [-0.4, -0.2) is 33.8 Å². The van der Waals surface area contributed by atoms with Gasteiger partial charge < -0.3 is 5.73 Å². The van der Waals surface area contributed by atoms with Gasteiger partial charge in [0.1, 0.15) is 0 Å². The fourth-order valence-electron chi connectivity index (χ4n) is 1.95. The van der Waals surface area contributed by atoms with E-state index in [1.165, 1.54) is 11.3 Å². The number of nitrogens with two attached hydrogens (primary N) is 1. The topological polar surface area (TPSA) is 47.1 Å². The van der Waals surface area contributed by atoms with E-state index in [4.69, 9.17) is 5.73 Å². The first-order valence-corrected chi connectivity index (χ1v) is 5.12. The van der Waals surface area contributed by atoms with Gasteiger partial charge in [-0.05, 0) is 13.3 Å². The van der Waals surface area contributed by atoms with Crippen LogP contribution in [0.2, 0.25) is 0 Å². The first-order chi connectivity index (χ1) is 6.66. The fourth-order valence-corrected chi connectivity index (χ4v) is 1.95. The van der Waals surface area contributed by atoms with E-state index >= 15 is 0 Å². The van der Waals surface area contributed by atoms with Gasteiger partial charge in [-0.25, -0.2) is 0 Å². The first kappa shape index (κ1) is 9.68. The van der Waals surface area contributed by atoms with Gasteiger partial charge in [0, 0.05) is 44.0 Å². The van der Waals surface area contributed by atoms with Crippen molar-refractivity contribution in [3.63, 3.8) is 0 Å². The average molecular weight is 194 g/mol. The van der Waals surface area contributed by atoms with Crippen molar-refractivity contribution < 1.29 is 0 Å². The van der Waals surface area contributed by atoms with Crippen molar-refractivity contribution >= 4 is 0 Å². The quantitative estimate of drug-likeness (QED) is 0.734. The molecule has 1 aromatic rings. The molecule has 1 aromatic heterocycles. The molecule has 1 saturated heterocycles. The Morgan fingerprint density at radius 3 is 2.93 bits per heavy atom. The van der Waals surface area contributed by atoms with Crippen LogP contribution in [-0.2, 0) is 13.6 Å². The molecular weight excluding hydrogens is 176 g/mol. The molecule has 0 spiro atoms. The zero-order valence-corrected chi connectivity index (χ0v) is 8.90. The van der Waals surface area contributed by atoms with Crippen LogP contribution in [0.3, 0.4) is 0 Å². The standard InChI is InChI=1S/C10H18N4/c1-8-9(5-12-13(8)2)6-14-4-3-10(11)7-14/h5,10H,3-4,6-7,11H2,1-2H3. The molecule has 1 unspecified atom stereocenters. The van der Waals surface area contributed by atoms with Gasteiger partial charge in [0.25, 0.3) is 0 Å². The Bertz CT molecular complexity index is 318. The summed E-state index contributed by atoms with van der Waals surface area (Å²) in [5.41, 5.74) is 8.44. The third-order valence-electron chi connectivity index (χ3n) is 3.04. The molecular formula is C10H18N4. The molecule has 1 fully saturated rings. The Hall–Kier alpha value is -0.870. The number of hydrogen-bond acceptors (Lipinski definition) is 3. The normalized spacial score (nSPS) is 23.2. The molecule has 1 aliphatic rings. The molecule has 0 amide bonds. The number of aromatic nitrogens is 2. The fraction of sp³-hybridized carbons (Fsp3) is 0.700.